The summed E-state index contributed by atoms with van der Waals surface area (Å²) in [6.07, 6.45) is 1.60. The Hall–Kier alpha value is -2.67. The molecule has 2 aromatic heterocycles. The van der Waals surface area contributed by atoms with Gasteiger partial charge in [0.05, 0.1) is 12.9 Å². The van der Waals surface area contributed by atoms with E-state index in [9.17, 15) is 9.59 Å². The molecule has 3 aromatic rings. The molecular weight excluding hydrogens is 330 g/mol. The Morgan fingerprint density at radius 1 is 1.29 bits per heavy atom. The number of benzene rings is 1. The van der Waals surface area contributed by atoms with Crippen LogP contribution in [0.4, 0.5) is 5.95 Å². The minimum atomic E-state index is -0.416. The lowest BCUT2D eigenvalue weighted by Gasteiger charge is -2.14. The van der Waals surface area contributed by atoms with Crippen LogP contribution in [0.15, 0.2) is 35.4 Å². The molecule has 3 rings (SSSR count). The van der Waals surface area contributed by atoms with Gasteiger partial charge in [0.25, 0.3) is 0 Å². The van der Waals surface area contributed by atoms with Gasteiger partial charge in [-0.05, 0) is 24.6 Å². The highest BCUT2D eigenvalue weighted by Crippen LogP contribution is 2.17. The van der Waals surface area contributed by atoms with Crippen molar-refractivity contribution in [1.29, 1.82) is 0 Å². The van der Waals surface area contributed by atoms with Gasteiger partial charge in [-0.25, -0.2) is 4.98 Å². The summed E-state index contributed by atoms with van der Waals surface area (Å²) in [5.41, 5.74) is 1.43. The normalized spacial score (nSPS) is 11.0. The van der Waals surface area contributed by atoms with E-state index in [2.05, 4.69) is 15.3 Å². The molecule has 0 saturated carbocycles. The molecule has 0 spiro atoms. The third kappa shape index (κ3) is 3.03. The van der Waals surface area contributed by atoms with E-state index in [1.807, 2.05) is 19.1 Å². The van der Waals surface area contributed by atoms with E-state index in [0.717, 1.165) is 5.56 Å². The first-order chi connectivity index (χ1) is 11.5. The lowest BCUT2D eigenvalue weighted by atomic mass is 10.2. The fourth-order valence-corrected chi connectivity index (χ4v) is 2.64. The number of hydrogen-bond acceptors (Lipinski definition) is 4. The highest BCUT2D eigenvalue weighted by Gasteiger charge is 2.16. The van der Waals surface area contributed by atoms with Crippen molar-refractivity contribution in [1.82, 2.24) is 19.1 Å². The van der Waals surface area contributed by atoms with Gasteiger partial charge in [0.15, 0.2) is 11.2 Å². The SMILES string of the molecule is CCn1cnc2c1c(=O)nc(NC(C)=O)n2Cc1ccc(Cl)cc1. The monoisotopic (exact) mass is 345 g/mol. The number of halogens is 1. The summed E-state index contributed by atoms with van der Waals surface area (Å²) in [6, 6.07) is 7.32. The van der Waals surface area contributed by atoms with E-state index < -0.39 is 5.56 Å². The molecular formula is C16H16ClN5O2. The maximum absolute atomic E-state index is 12.3. The number of hydrogen-bond donors (Lipinski definition) is 1. The van der Waals surface area contributed by atoms with Gasteiger partial charge < -0.3 is 4.57 Å². The molecule has 0 atom stereocenters. The first-order valence-electron chi connectivity index (χ1n) is 7.47. The van der Waals surface area contributed by atoms with Crippen molar-refractivity contribution in [3.05, 3.63) is 51.5 Å². The molecule has 0 unspecified atom stereocenters. The van der Waals surface area contributed by atoms with Crippen LogP contribution < -0.4 is 10.9 Å². The fourth-order valence-electron chi connectivity index (χ4n) is 2.51. The van der Waals surface area contributed by atoms with Crippen molar-refractivity contribution < 1.29 is 4.79 Å². The molecule has 0 saturated heterocycles. The van der Waals surface area contributed by atoms with E-state index >= 15 is 0 Å². The summed E-state index contributed by atoms with van der Waals surface area (Å²) in [7, 11) is 0. The molecule has 0 aliphatic rings. The van der Waals surface area contributed by atoms with E-state index in [0.29, 0.717) is 29.3 Å². The van der Waals surface area contributed by atoms with Crippen LogP contribution in [0.5, 0.6) is 0 Å². The second kappa shape index (κ2) is 6.45. The molecule has 1 aromatic carbocycles. The molecule has 0 fully saturated rings. The zero-order valence-electron chi connectivity index (χ0n) is 13.3. The minimum absolute atomic E-state index is 0.177. The third-order valence-electron chi connectivity index (χ3n) is 3.62. The van der Waals surface area contributed by atoms with Crippen molar-refractivity contribution in [2.75, 3.05) is 5.32 Å². The molecule has 0 aliphatic carbocycles. The van der Waals surface area contributed by atoms with E-state index in [1.165, 1.54) is 6.92 Å². The van der Waals surface area contributed by atoms with Crippen molar-refractivity contribution in [2.24, 2.45) is 0 Å². The number of amides is 1. The van der Waals surface area contributed by atoms with E-state index in [1.54, 1.807) is 27.6 Å². The summed E-state index contributed by atoms with van der Waals surface area (Å²) in [5.74, 6) is -0.127. The molecule has 1 amide bonds. The van der Waals surface area contributed by atoms with Crippen LogP contribution in [-0.2, 0) is 17.9 Å². The van der Waals surface area contributed by atoms with Gasteiger partial charge in [0, 0.05) is 18.5 Å². The number of anilines is 1. The number of aryl methyl sites for hydroxylation is 1. The number of aromatic nitrogens is 4. The minimum Gasteiger partial charge on any atom is -0.325 e. The number of rotatable bonds is 4. The van der Waals surface area contributed by atoms with Crippen LogP contribution in [0.25, 0.3) is 11.2 Å². The standard InChI is InChI=1S/C16H16ClN5O2/c1-3-21-9-18-14-13(21)15(24)20-16(19-10(2)23)22(14)8-11-4-6-12(17)7-5-11/h4-7,9H,3,8H2,1-2H3,(H,19,20,23,24). The Morgan fingerprint density at radius 2 is 2.00 bits per heavy atom. The first kappa shape index (κ1) is 16.2. The Bertz CT molecular complexity index is 959. The van der Waals surface area contributed by atoms with Crippen molar-refractivity contribution >= 4 is 34.6 Å². The number of carbonyl (C=O) groups is 1. The van der Waals surface area contributed by atoms with Gasteiger partial charge in [-0.2, -0.15) is 4.98 Å². The lowest BCUT2D eigenvalue weighted by Crippen LogP contribution is -2.23. The van der Waals surface area contributed by atoms with Gasteiger partial charge in [0.1, 0.15) is 0 Å². The fraction of sp³-hybridized carbons (Fsp3) is 0.250. The molecule has 124 valence electrons. The number of imidazole rings is 1. The Balaban J connectivity index is 2.19. The molecule has 8 heteroatoms. The highest BCUT2D eigenvalue weighted by molar-refractivity contribution is 6.30. The Morgan fingerprint density at radius 3 is 2.62 bits per heavy atom. The maximum atomic E-state index is 12.3. The summed E-state index contributed by atoms with van der Waals surface area (Å²) in [5, 5.41) is 3.24. The Kier molecular flexibility index (Phi) is 4.35. The Labute approximate surface area is 142 Å². The van der Waals surface area contributed by atoms with Gasteiger partial charge in [-0.3, -0.25) is 19.5 Å². The predicted molar refractivity (Wildman–Crippen MR) is 92.3 cm³/mol. The summed E-state index contributed by atoms with van der Waals surface area (Å²) in [6.45, 7) is 4.30. The van der Waals surface area contributed by atoms with Crippen molar-refractivity contribution in [3.63, 3.8) is 0 Å². The van der Waals surface area contributed by atoms with Gasteiger partial charge in [-0.15, -0.1) is 0 Å². The summed E-state index contributed by atoms with van der Waals surface area (Å²) in [4.78, 5) is 32.1. The van der Waals surface area contributed by atoms with Crippen molar-refractivity contribution in [3.8, 4) is 0 Å². The molecule has 0 aliphatic heterocycles. The molecule has 7 nitrogen and oxygen atoms in total. The van der Waals surface area contributed by atoms with Crippen LogP contribution in [0.1, 0.15) is 19.4 Å². The second-order valence-electron chi connectivity index (χ2n) is 5.34. The maximum Gasteiger partial charge on any atom is 0.300 e. The van der Waals surface area contributed by atoms with Crippen LogP contribution in [0, 0.1) is 0 Å². The van der Waals surface area contributed by atoms with E-state index in [4.69, 9.17) is 11.6 Å². The first-order valence-corrected chi connectivity index (χ1v) is 7.85. The van der Waals surface area contributed by atoms with Crippen LogP contribution in [0.3, 0.4) is 0 Å². The van der Waals surface area contributed by atoms with Gasteiger partial charge in [-0.1, -0.05) is 23.7 Å². The number of carbonyl (C=O) groups excluding carboxylic acids is 1. The largest absolute Gasteiger partial charge is 0.325 e. The van der Waals surface area contributed by atoms with Crippen LogP contribution in [-0.4, -0.2) is 25.0 Å². The highest BCUT2D eigenvalue weighted by atomic mass is 35.5. The third-order valence-corrected chi connectivity index (χ3v) is 3.87. The predicted octanol–water partition coefficient (Wildman–Crippen LogP) is 2.27. The smallest absolute Gasteiger partial charge is 0.300 e. The molecule has 1 N–H and O–H groups in total. The van der Waals surface area contributed by atoms with Crippen LogP contribution in [0.2, 0.25) is 5.02 Å². The molecule has 2 heterocycles. The molecule has 24 heavy (non-hydrogen) atoms. The average molecular weight is 346 g/mol. The zero-order valence-corrected chi connectivity index (χ0v) is 14.0. The molecule has 0 bridgehead atoms. The van der Waals surface area contributed by atoms with Crippen LogP contribution >= 0.6 is 11.6 Å². The van der Waals surface area contributed by atoms with E-state index in [-0.39, 0.29) is 11.9 Å². The number of nitrogens with one attached hydrogen (secondary N) is 1. The van der Waals surface area contributed by atoms with Gasteiger partial charge in [0.2, 0.25) is 11.9 Å². The molecule has 0 radical (unpaired) electrons. The average Bonchev–Trinajstić information content (AvgIpc) is 2.97. The summed E-state index contributed by atoms with van der Waals surface area (Å²) < 4.78 is 3.45. The zero-order chi connectivity index (χ0) is 17.3. The summed E-state index contributed by atoms with van der Waals surface area (Å²) >= 11 is 5.92. The number of fused-ring (bicyclic) bond motifs is 1. The number of nitrogens with zero attached hydrogens (tertiary/aromatic N) is 4. The topological polar surface area (TPSA) is 81.8 Å². The second-order valence-corrected chi connectivity index (χ2v) is 5.77. The van der Waals surface area contributed by atoms with Crippen molar-refractivity contribution in [2.45, 2.75) is 26.9 Å². The quantitative estimate of drug-likeness (QED) is 0.786. The lowest BCUT2D eigenvalue weighted by molar-refractivity contribution is -0.114. The van der Waals surface area contributed by atoms with Gasteiger partial charge >= 0.3 is 5.56 Å².